The van der Waals surface area contributed by atoms with Gasteiger partial charge in [-0.15, -0.1) is 5.10 Å². The molecule has 31 heavy (non-hydrogen) atoms. The van der Waals surface area contributed by atoms with Crippen molar-refractivity contribution in [2.75, 3.05) is 37.6 Å². The highest BCUT2D eigenvalue weighted by molar-refractivity contribution is 6.30. The molecule has 0 aliphatic carbocycles. The van der Waals surface area contributed by atoms with Crippen molar-refractivity contribution < 1.29 is 9.53 Å². The molecular weight excluding hydrogens is 412 g/mol. The number of carbonyl (C=O) groups is 1. The van der Waals surface area contributed by atoms with Crippen LogP contribution in [-0.4, -0.2) is 53.8 Å². The number of piperidine rings is 2. The molecule has 3 aliphatic heterocycles. The number of rotatable bonds is 4. The maximum Gasteiger partial charge on any atom is 0.338 e. The van der Waals surface area contributed by atoms with Crippen LogP contribution >= 0.6 is 11.6 Å². The predicted molar refractivity (Wildman–Crippen MR) is 121 cm³/mol. The van der Waals surface area contributed by atoms with Crippen molar-refractivity contribution in [1.82, 2.24) is 15.1 Å². The van der Waals surface area contributed by atoms with Crippen LogP contribution in [0.3, 0.4) is 0 Å². The van der Waals surface area contributed by atoms with Gasteiger partial charge in [-0.25, -0.2) is 4.79 Å². The van der Waals surface area contributed by atoms with Crippen LogP contribution in [0.4, 0.5) is 5.82 Å². The molecule has 5 rings (SSSR count). The molecule has 0 unspecified atom stereocenters. The zero-order valence-corrected chi connectivity index (χ0v) is 18.8. The van der Waals surface area contributed by atoms with Gasteiger partial charge in [0.2, 0.25) is 0 Å². The molecule has 1 spiro atoms. The second kappa shape index (κ2) is 8.40. The Morgan fingerprint density at radius 2 is 1.87 bits per heavy atom. The van der Waals surface area contributed by atoms with Crippen LogP contribution in [0.2, 0.25) is 5.02 Å². The van der Waals surface area contributed by atoms with E-state index in [2.05, 4.69) is 33.0 Å². The molecule has 0 radical (unpaired) electrons. The van der Waals surface area contributed by atoms with E-state index in [9.17, 15) is 4.79 Å². The number of hydrogen-bond acceptors (Lipinski definition) is 6. The van der Waals surface area contributed by atoms with E-state index in [1.807, 2.05) is 12.1 Å². The minimum Gasteiger partial charge on any atom is -0.457 e. The molecule has 7 heteroatoms. The molecule has 1 aromatic heterocycles. The standard InChI is InChI=1S/C24H29ClN4O2/c1-17-18(2-3-20-21(17)16-31-23(20)30)4-9-28-10-5-24(6-11-28)7-12-29(13-8-24)22-14-19(25)15-26-27-22/h2-3,14-15H,4-13,16H2,1H3. The smallest absolute Gasteiger partial charge is 0.338 e. The number of aromatic nitrogens is 2. The average molecular weight is 441 g/mol. The van der Waals surface area contributed by atoms with Gasteiger partial charge in [-0.1, -0.05) is 17.7 Å². The lowest BCUT2D eigenvalue weighted by atomic mass is 9.71. The molecule has 0 saturated carbocycles. The second-order valence-corrected chi connectivity index (χ2v) is 9.70. The van der Waals surface area contributed by atoms with Gasteiger partial charge in [-0.05, 0) is 74.7 Å². The summed E-state index contributed by atoms with van der Waals surface area (Å²) in [6, 6.07) is 5.97. The molecular formula is C24H29ClN4O2. The summed E-state index contributed by atoms with van der Waals surface area (Å²) in [5, 5.41) is 8.89. The van der Waals surface area contributed by atoms with Crippen molar-refractivity contribution >= 4 is 23.4 Å². The highest BCUT2D eigenvalue weighted by Gasteiger charge is 2.37. The SMILES string of the molecule is Cc1c(CCN2CCC3(CC2)CCN(c2cc(Cl)cnn2)CC3)ccc2c1COC2=O. The lowest BCUT2D eigenvalue weighted by Gasteiger charge is -2.47. The summed E-state index contributed by atoms with van der Waals surface area (Å²) in [4.78, 5) is 16.7. The maximum atomic E-state index is 11.8. The highest BCUT2D eigenvalue weighted by Crippen LogP contribution is 2.42. The molecule has 2 fully saturated rings. The van der Waals surface area contributed by atoms with E-state index in [1.165, 1.54) is 49.9 Å². The number of benzene rings is 1. The number of likely N-dealkylation sites (tertiary alicyclic amines) is 1. The Balaban J connectivity index is 1.13. The monoisotopic (exact) mass is 440 g/mol. The largest absolute Gasteiger partial charge is 0.457 e. The minimum absolute atomic E-state index is 0.181. The summed E-state index contributed by atoms with van der Waals surface area (Å²) >= 11 is 6.08. The molecule has 1 aromatic carbocycles. The van der Waals surface area contributed by atoms with Gasteiger partial charge in [-0.2, -0.15) is 5.10 Å². The molecule has 0 amide bonds. The van der Waals surface area contributed by atoms with Crippen molar-refractivity contribution in [3.05, 3.63) is 51.7 Å². The number of fused-ring (bicyclic) bond motifs is 1. The fraction of sp³-hybridized carbons (Fsp3) is 0.542. The van der Waals surface area contributed by atoms with Crippen LogP contribution in [0.25, 0.3) is 0 Å². The van der Waals surface area contributed by atoms with Gasteiger partial charge in [0.05, 0.1) is 16.8 Å². The van der Waals surface area contributed by atoms with Crippen molar-refractivity contribution in [3.63, 3.8) is 0 Å². The second-order valence-electron chi connectivity index (χ2n) is 9.26. The Labute approximate surface area is 188 Å². The molecule has 2 aromatic rings. The Bertz CT molecular complexity index is 978. The zero-order chi connectivity index (χ0) is 21.4. The first kappa shape index (κ1) is 20.7. The third-order valence-electron chi connectivity index (χ3n) is 7.65. The number of nitrogens with zero attached hydrogens (tertiary/aromatic N) is 4. The van der Waals surface area contributed by atoms with Crippen LogP contribution in [0.1, 0.15) is 52.7 Å². The highest BCUT2D eigenvalue weighted by atomic mass is 35.5. The number of halogens is 1. The first-order chi connectivity index (χ1) is 15.0. The molecule has 2 saturated heterocycles. The summed E-state index contributed by atoms with van der Waals surface area (Å²) in [7, 11) is 0. The lowest BCUT2D eigenvalue weighted by Crippen LogP contribution is -2.47. The van der Waals surface area contributed by atoms with E-state index in [4.69, 9.17) is 16.3 Å². The first-order valence-electron chi connectivity index (χ1n) is 11.3. The third kappa shape index (κ3) is 4.15. The number of carbonyl (C=O) groups excluding carboxylic acids is 1. The van der Waals surface area contributed by atoms with E-state index in [0.29, 0.717) is 17.0 Å². The van der Waals surface area contributed by atoms with E-state index in [1.54, 1.807) is 6.20 Å². The van der Waals surface area contributed by atoms with Crippen LogP contribution < -0.4 is 4.90 Å². The number of hydrogen-bond donors (Lipinski definition) is 0. The normalized spacial score (nSPS) is 20.7. The lowest BCUT2D eigenvalue weighted by molar-refractivity contribution is 0.0535. The number of cyclic esters (lactones) is 1. The third-order valence-corrected chi connectivity index (χ3v) is 7.86. The van der Waals surface area contributed by atoms with Crippen molar-refractivity contribution in [2.24, 2.45) is 5.41 Å². The van der Waals surface area contributed by atoms with Crippen LogP contribution in [0.5, 0.6) is 0 Å². The van der Waals surface area contributed by atoms with Gasteiger partial charge in [0.25, 0.3) is 0 Å². The summed E-state index contributed by atoms with van der Waals surface area (Å²) < 4.78 is 5.19. The van der Waals surface area contributed by atoms with Gasteiger partial charge in [0.15, 0.2) is 5.82 Å². The number of esters is 1. The molecule has 0 atom stereocenters. The van der Waals surface area contributed by atoms with Gasteiger partial charge in [0, 0.05) is 31.3 Å². The molecule has 3 aliphatic rings. The molecule has 6 nitrogen and oxygen atoms in total. The van der Waals surface area contributed by atoms with Gasteiger partial charge in [0.1, 0.15) is 6.61 Å². The van der Waals surface area contributed by atoms with Gasteiger partial charge < -0.3 is 14.5 Å². The fourth-order valence-corrected chi connectivity index (χ4v) is 5.54. The van der Waals surface area contributed by atoms with Crippen molar-refractivity contribution in [1.29, 1.82) is 0 Å². The molecule has 4 heterocycles. The predicted octanol–water partition coefficient (Wildman–Crippen LogP) is 4.03. The minimum atomic E-state index is -0.181. The summed E-state index contributed by atoms with van der Waals surface area (Å²) in [5.74, 6) is 0.719. The quantitative estimate of drug-likeness (QED) is 0.669. The Hall–Kier alpha value is -2.18. The number of anilines is 1. The van der Waals surface area contributed by atoms with Crippen LogP contribution in [0.15, 0.2) is 24.4 Å². The number of ether oxygens (including phenoxy) is 1. The summed E-state index contributed by atoms with van der Waals surface area (Å²) in [6.45, 7) is 8.03. The molecule has 0 N–H and O–H groups in total. The first-order valence-corrected chi connectivity index (χ1v) is 11.6. The fourth-order valence-electron chi connectivity index (χ4n) is 5.40. The van der Waals surface area contributed by atoms with Crippen molar-refractivity contribution in [3.8, 4) is 0 Å². The summed E-state index contributed by atoms with van der Waals surface area (Å²) in [6.07, 6.45) is 7.59. The Kier molecular flexibility index (Phi) is 5.61. The van der Waals surface area contributed by atoms with Crippen LogP contribution in [0, 0.1) is 12.3 Å². The van der Waals surface area contributed by atoms with E-state index in [-0.39, 0.29) is 5.97 Å². The zero-order valence-electron chi connectivity index (χ0n) is 18.1. The summed E-state index contributed by atoms with van der Waals surface area (Å²) in [5.41, 5.74) is 4.87. The van der Waals surface area contributed by atoms with E-state index in [0.717, 1.165) is 43.0 Å². The van der Waals surface area contributed by atoms with E-state index < -0.39 is 0 Å². The van der Waals surface area contributed by atoms with Crippen LogP contribution in [-0.2, 0) is 17.8 Å². The maximum absolute atomic E-state index is 11.8. The van der Waals surface area contributed by atoms with Gasteiger partial charge in [-0.3, -0.25) is 0 Å². The Morgan fingerprint density at radius 1 is 1.13 bits per heavy atom. The average Bonchev–Trinajstić information content (AvgIpc) is 3.17. The Morgan fingerprint density at radius 3 is 2.61 bits per heavy atom. The topological polar surface area (TPSA) is 58.6 Å². The van der Waals surface area contributed by atoms with E-state index >= 15 is 0 Å². The van der Waals surface area contributed by atoms with Crippen molar-refractivity contribution in [2.45, 2.75) is 45.6 Å². The molecule has 164 valence electrons. The molecule has 0 bridgehead atoms. The van der Waals surface area contributed by atoms with Gasteiger partial charge >= 0.3 is 5.97 Å².